The summed E-state index contributed by atoms with van der Waals surface area (Å²) in [6, 6.07) is 17.0. The second-order valence-corrected chi connectivity index (χ2v) is 8.04. The van der Waals surface area contributed by atoms with Gasteiger partial charge in [-0.3, -0.25) is 4.98 Å². The van der Waals surface area contributed by atoms with Crippen molar-refractivity contribution < 1.29 is 8.42 Å². The number of rotatable bonds is 5. The fraction of sp³-hybridized carbons (Fsp3) is 0.211. The Hall–Kier alpha value is -2.24. The average molecular weight is 338 g/mol. The second-order valence-electron chi connectivity index (χ2n) is 6.15. The highest BCUT2D eigenvalue weighted by Gasteiger charge is 2.38. The molecule has 3 aromatic rings. The first-order chi connectivity index (χ1) is 11.6. The maximum atomic E-state index is 13.2. The highest BCUT2D eigenvalue weighted by Crippen LogP contribution is 2.34. The molecule has 0 amide bonds. The van der Waals surface area contributed by atoms with E-state index in [9.17, 15) is 8.42 Å². The average Bonchev–Trinajstić information content (AvgIpc) is 3.45. The highest BCUT2D eigenvalue weighted by atomic mass is 32.2. The quantitative estimate of drug-likeness (QED) is 0.714. The fourth-order valence-corrected chi connectivity index (χ4v) is 4.61. The standard InChI is InChI=1S/C19H18N2O2S/c22-24(23,19-8-5-16-3-1-2-4-17(16)13-19)21(18-6-7-18)14-15-9-11-20-12-10-15/h1-5,8-13,18H,6-7,14H2. The molecular formula is C19H18N2O2S. The maximum absolute atomic E-state index is 13.2. The Morgan fingerprint density at radius 3 is 2.38 bits per heavy atom. The molecule has 1 heterocycles. The smallest absolute Gasteiger partial charge is 0.243 e. The van der Waals surface area contributed by atoms with Gasteiger partial charge in [-0.1, -0.05) is 30.3 Å². The lowest BCUT2D eigenvalue weighted by atomic mass is 10.1. The zero-order valence-corrected chi connectivity index (χ0v) is 14.0. The van der Waals surface area contributed by atoms with Crippen LogP contribution in [0.4, 0.5) is 0 Å². The first-order valence-electron chi connectivity index (χ1n) is 8.04. The summed E-state index contributed by atoms with van der Waals surface area (Å²) in [5.74, 6) is 0. The third-order valence-corrected chi connectivity index (χ3v) is 6.26. The minimum Gasteiger partial charge on any atom is -0.265 e. The van der Waals surface area contributed by atoms with Gasteiger partial charge in [0.25, 0.3) is 0 Å². The Labute approximate surface area is 141 Å². The van der Waals surface area contributed by atoms with Gasteiger partial charge in [0.15, 0.2) is 0 Å². The SMILES string of the molecule is O=S(=O)(c1ccc2ccccc2c1)N(Cc1ccncc1)C1CC1. The zero-order chi connectivity index (χ0) is 16.6. The van der Waals surface area contributed by atoms with Crippen molar-refractivity contribution in [2.75, 3.05) is 0 Å². The van der Waals surface area contributed by atoms with E-state index in [0.717, 1.165) is 29.2 Å². The molecule has 5 heteroatoms. The first-order valence-corrected chi connectivity index (χ1v) is 9.48. The molecule has 24 heavy (non-hydrogen) atoms. The lowest BCUT2D eigenvalue weighted by Gasteiger charge is -2.22. The van der Waals surface area contributed by atoms with Crippen molar-refractivity contribution >= 4 is 20.8 Å². The van der Waals surface area contributed by atoms with Gasteiger partial charge in [-0.2, -0.15) is 4.31 Å². The molecule has 122 valence electrons. The topological polar surface area (TPSA) is 50.3 Å². The van der Waals surface area contributed by atoms with E-state index in [1.165, 1.54) is 0 Å². The molecule has 1 aliphatic carbocycles. The van der Waals surface area contributed by atoms with Crippen LogP contribution >= 0.6 is 0 Å². The summed E-state index contributed by atoms with van der Waals surface area (Å²) < 4.78 is 28.0. The van der Waals surface area contributed by atoms with Crippen molar-refractivity contribution in [1.82, 2.24) is 9.29 Å². The van der Waals surface area contributed by atoms with Gasteiger partial charge in [-0.05, 0) is 53.4 Å². The Bertz CT molecular complexity index is 967. The summed E-state index contributed by atoms with van der Waals surface area (Å²) in [6.07, 6.45) is 5.25. The number of sulfonamides is 1. The van der Waals surface area contributed by atoms with Gasteiger partial charge in [0, 0.05) is 25.0 Å². The van der Waals surface area contributed by atoms with Gasteiger partial charge in [0.05, 0.1) is 4.90 Å². The van der Waals surface area contributed by atoms with Crippen LogP contribution < -0.4 is 0 Å². The van der Waals surface area contributed by atoms with E-state index in [-0.39, 0.29) is 6.04 Å². The molecule has 0 saturated heterocycles. The van der Waals surface area contributed by atoms with E-state index in [2.05, 4.69) is 4.98 Å². The monoisotopic (exact) mass is 338 g/mol. The van der Waals surface area contributed by atoms with Crippen LogP contribution in [0.15, 0.2) is 71.9 Å². The van der Waals surface area contributed by atoms with E-state index in [1.807, 2.05) is 42.5 Å². The molecule has 4 nitrogen and oxygen atoms in total. The summed E-state index contributed by atoms with van der Waals surface area (Å²) in [5, 5.41) is 1.99. The second kappa shape index (κ2) is 6.00. The van der Waals surface area contributed by atoms with Crippen molar-refractivity contribution in [1.29, 1.82) is 0 Å². The molecule has 0 spiro atoms. The largest absolute Gasteiger partial charge is 0.265 e. The normalized spacial score (nSPS) is 15.0. The first kappa shape index (κ1) is 15.3. The number of nitrogens with zero attached hydrogens (tertiary/aromatic N) is 2. The molecule has 2 aromatic carbocycles. The van der Waals surface area contributed by atoms with Crippen molar-refractivity contribution in [2.24, 2.45) is 0 Å². The van der Waals surface area contributed by atoms with Crippen LogP contribution in [-0.2, 0) is 16.6 Å². The fourth-order valence-electron chi connectivity index (χ4n) is 2.90. The Balaban J connectivity index is 1.72. The van der Waals surface area contributed by atoms with Crippen LogP contribution in [0.5, 0.6) is 0 Å². The van der Waals surface area contributed by atoms with Crippen LogP contribution in [0.25, 0.3) is 10.8 Å². The number of hydrogen-bond acceptors (Lipinski definition) is 3. The molecule has 0 unspecified atom stereocenters. The van der Waals surface area contributed by atoms with E-state index in [4.69, 9.17) is 0 Å². The molecule has 0 radical (unpaired) electrons. The van der Waals surface area contributed by atoms with Crippen molar-refractivity contribution in [3.05, 3.63) is 72.6 Å². The number of benzene rings is 2. The molecule has 0 N–H and O–H groups in total. The van der Waals surface area contributed by atoms with Gasteiger partial charge in [-0.15, -0.1) is 0 Å². The minimum absolute atomic E-state index is 0.106. The maximum Gasteiger partial charge on any atom is 0.243 e. The zero-order valence-electron chi connectivity index (χ0n) is 13.2. The molecule has 0 bridgehead atoms. The van der Waals surface area contributed by atoms with Crippen LogP contribution in [0.3, 0.4) is 0 Å². The molecule has 1 fully saturated rings. The van der Waals surface area contributed by atoms with E-state index >= 15 is 0 Å². The summed E-state index contributed by atoms with van der Waals surface area (Å²) in [4.78, 5) is 4.36. The van der Waals surface area contributed by atoms with Gasteiger partial charge < -0.3 is 0 Å². The van der Waals surface area contributed by atoms with Crippen LogP contribution in [-0.4, -0.2) is 23.7 Å². The Morgan fingerprint density at radius 1 is 0.958 bits per heavy atom. The molecule has 1 saturated carbocycles. The van der Waals surface area contributed by atoms with Gasteiger partial charge in [0.2, 0.25) is 10.0 Å². The lowest BCUT2D eigenvalue weighted by molar-refractivity contribution is 0.398. The number of fused-ring (bicyclic) bond motifs is 1. The molecule has 1 aromatic heterocycles. The molecular weight excluding hydrogens is 320 g/mol. The van der Waals surface area contributed by atoms with Crippen molar-refractivity contribution in [2.45, 2.75) is 30.3 Å². The van der Waals surface area contributed by atoms with E-state index in [0.29, 0.717) is 11.4 Å². The van der Waals surface area contributed by atoms with E-state index < -0.39 is 10.0 Å². The van der Waals surface area contributed by atoms with Crippen LogP contribution in [0, 0.1) is 0 Å². The number of aromatic nitrogens is 1. The molecule has 0 atom stereocenters. The third kappa shape index (κ3) is 2.92. The predicted octanol–water partition coefficient (Wildman–Crippen LogP) is 3.59. The van der Waals surface area contributed by atoms with E-state index in [1.54, 1.807) is 28.8 Å². The number of hydrogen-bond donors (Lipinski definition) is 0. The molecule has 4 rings (SSSR count). The lowest BCUT2D eigenvalue weighted by Crippen LogP contribution is -2.32. The Kier molecular flexibility index (Phi) is 3.82. The summed E-state index contributed by atoms with van der Waals surface area (Å²) in [7, 11) is -3.51. The summed E-state index contributed by atoms with van der Waals surface area (Å²) >= 11 is 0. The summed E-state index contributed by atoms with van der Waals surface area (Å²) in [5.41, 5.74) is 0.960. The number of pyridine rings is 1. The molecule has 0 aliphatic heterocycles. The van der Waals surface area contributed by atoms with Gasteiger partial charge in [0.1, 0.15) is 0 Å². The Morgan fingerprint density at radius 2 is 1.67 bits per heavy atom. The predicted molar refractivity (Wildman–Crippen MR) is 93.9 cm³/mol. The van der Waals surface area contributed by atoms with Crippen LogP contribution in [0.2, 0.25) is 0 Å². The third-order valence-electron chi connectivity index (χ3n) is 4.37. The van der Waals surface area contributed by atoms with Gasteiger partial charge in [-0.25, -0.2) is 8.42 Å². The van der Waals surface area contributed by atoms with Crippen LogP contribution in [0.1, 0.15) is 18.4 Å². The summed E-state index contributed by atoms with van der Waals surface area (Å²) in [6.45, 7) is 0.391. The minimum atomic E-state index is -3.51. The highest BCUT2D eigenvalue weighted by molar-refractivity contribution is 7.89. The molecule has 1 aliphatic rings. The van der Waals surface area contributed by atoms with Crippen molar-refractivity contribution in [3.8, 4) is 0 Å². The van der Waals surface area contributed by atoms with Gasteiger partial charge >= 0.3 is 0 Å². The van der Waals surface area contributed by atoms with Crippen molar-refractivity contribution in [3.63, 3.8) is 0 Å².